The largest absolute Gasteiger partial charge is 0.443 e. The molecule has 0 atom stereocenters. The van der Waals surface area contributed by atoms with Crippen LogP contribution in [0.4, 0.5) is 9.59 Å². The predicted molar refractivity (Wildman–Crippen MR) is 148 cm³/mol. The summed E-state index contributed by atoms with van der Waals surface area (Å²) in [7, 11) is 0. The zero-order valence-corrected chi connectivity index (χ0v) is 24.8. The molecule has 196 valence electrons. The smallest absolute Gasteiger partial charge is 0.420 e. The molecule has 0 bridgehead atoms. The number of aromatic nitrogens is 2. The van der Waals surface area contributed by atoms with Crippen LogP contribution in [0.3, 0.4) is 0 Å². The van der Waals surface area contributed by atoms with Crippen molar-refractivity contribution in [3.8, 4) is 0 Å². The fourth-order valence-electron chi connectivity index (χ4n) is 2.91. The number of thioether (sulfide) groups is 2. The first-order valence-corrected chi connectivity index (χ1v) is 15.0. The monoisotopic (exact) mass is 540 g/mol. The summed E-state index contributed by atoms with van der Waals surface area (Å²) in [5.41, 5.74) is -1.23. The van der Waals surface area contributed by atoms with E-state index in [0.29, 0.717) is 10.1 Å². The third-order valence-electron chi connectivity index (χ3n) is 4.48. The minimum Gasteiger partial charge on any atom is -0.443 e. The van der Waals surface area contributed by atoms with Gasteiger partial charge in [0, 0.05) is 0 Å². The third kappa shape index (κ3) is 9.50. The van der Waals surface area contributed by atoms with Crippen molar-refractivity contribution in [3.05, 3.63) is 24.3 Å². The Bertz CT molecular complexity index is 906. The van der Waals surface area contributed by atoms with Gasteiger partial charge in [-0.3, -0.25) is 0 Å². The third-order valence-corrected chi connectivity index (χ3v) is 7.75. The van der Waals surface area contributed by atoms with E-state index >= 15 is 0 Å². The standard InChI is InChI=1S/C26H40N2O4S3/c1-9-11-17-33-19-13-15-21(27(19)23(29)31-25(3,4)5)35-22-16-14-20(34-18-12-10-2)28(22)24(30)32-26(6,7)8/h13-16H,9-12,17-18H2,1-8H3. The number of ether oxygens (including phenoxy) is 2. The lowest BCUT2D eigenvalue weighted by molar-refractivity contribution is 0.0501. The fourth-order valence-corrected chi connectivity index (χ4v) is 6.26. The Morgan fingerprint density at radius 1 is 0.686 bits per heavy atom. The number of carbonyl (C=O) groups excluding carboxylic acids is 2. The van der Waals surface area contributed by atoms with Gasteiger partial charge in [-0.1, -0.05) is 38.5 Å². The minimum absolute atomic E-state index is 0.420. The van der Waals surface area contributed by atoms with Crippen molar-refractivity contribution >= 4 is 47.5 Å². The highest BCUT2D eigenvalue weighted by molar-refractivity contribution is 8.00. The molecule has 2 aromatic heterocycles. The molecule has 2 heterocycles. The van der Waals surface area contributed by atoms with Gasteiger partial charge in [0.25, 0.3) is 0 Å². The summed E-state index contributed by atoms with van der Waals surface area (Å²) >= 11 is 4.65. The van der Waals surface area contributed by atoms with Crippen molar-refractivity contribution in [1.82, 2.24) is 9.13 Å². The second-order valence-electron chi connectivity index (χ2n) is 10.2. The van der Waals surface area contributed by atoms with Crippen molar-refractivity contribution in [2.75, 3.05) is 11.5 Å². The highest BCUT2D eigenvalue weighted by Crippen LogP contribution is 2.37. The van der Waals surface area contributed by atoms with E-state index in [0.717, 1.165) is 47.2 Å². The van der Waals surface area contributed by atoms with Gasteiger partial charge >= 0.3 is 12.2 Å². The van der Waals surface area contributed by atoms with Crippen LogP contribution in [0.5, 0.6) is 0 Å². The van der Waals surface area contributed by atoms with E-state index in [2.05, 4.69) is 13.8 Å². The van der Waals surface area contributed by atoms with E-state index in [9.17, 15) is 9.59 Å². The van der Waals surface area contributed by atoms with Crippen LogP contribution in [0, 0.1) is 0 Å². The molecule has 0 saturated heterocycles. The number of rotatable bonds is 10. The van der Waals surface area contributed by atoms with E-state index in [1.165, 1.54) is 11.8 Å². The Morgan fingerprint density at radius 3 is 1.34 bits per heavy atom. The van der Waals surface area contributed by atoms with Gasteiger partial charge in [0.05, 0.1) is 20.1 Å². The van der Waals surface area contributed by atoms with E-state index < -0.39 is 23.4 Å². The van der Waals surface area contributed by atoms with Crippen LogP contribution < -0.4 is 0 Å². The van der Waals surface area contributed by atoms with Crippen LogP contribution in [0.25, 0.3) is 0 Å². The lowest BCUT2D eigenvalue weighted by Gasteiger charge is -2.22. The minimum atomic E-state index is -0.617. The molecular formula is C26H40N2O4S3. The maximum atomic E-state index is 13.2. The molecule has 0 radical (unpaired) electrons. The Labute approximate surface area is 223 Å². The molecule has 0 fully saturated rings. The molecule has 0 aliphatic carbocycles. The number of hydrogen-bond donors (Lipinski definition) is 0. The van der Waals surface area contributed by atoms with Gasteiger partial charge in [0.1, 0.15) is 11.2 Å². The van der Waals surface area contributed by atoms with Crippen LogP contribution in [-0.4, -0.2) is 44.0 Å². The van der Waals surface area contributed by atoms with E-state index in [4.69, 9.17) is 9.47 Å². The van der Waals surface area contributed by atoms with Crippen molar-refractivity contribution < 1.29 is 19.1 Å². The van der Waals surface area contributed by atoms with Crippen LogP contribution in [0.15, 0.2) is 44.4 Å². The molecule has 9 heteroatoms. The van der Waals surface area contributed by atoms with Crippen LogP contribution in [0.2, 0.25) is 0 Å². The van der Waals surface area contributed by atoms with Crippen molar-refractivity contribution in [2.45, 2.75) is 112 Å². The molecule has 0 unspecified atom stereocenters. The van der Waals surface area contributed by atoms with Crippen LogP contribution >= 0.6 is 35.3 Å². The van der Waals surface area contributed by atoms with Gasteiger partial charge in [-0.2, -0.15) is 0 Å². The fraction of sp³-hybridized carbons (Fsp3) is 0.615. The SMILES string of the molecule is CCCCSc1ccc(Sc2ccc(SCCCC)n2C(=O)OC(C)(C)C)n1C(=O)OC(C)(C)C. The Hall–Kier alpha value is -1.45. The average molecular weight is 541 g/mol. The zero-order chi connectivity index (χ0) is 26.2. The highest BCUT2D eigenvalue weighted by Gasteiger charge is 2.26. The molecule has 0 saturated carbocycles. The van der Waals surface area contributed by atoms with Crippen LogP contribution in [0.1, 0.15) is 81.1 Å². The molecular weight excluding hydrogens is 500 g/mol. The first kappa shape index (κ1) is 29.8. The number of hydrogen-bond acceptors (Lipinski definition) is 7. The van der Waals surface area contributed by atoms with E-state index in [1.54, 1.807) is 32.7 Å². The second-order valence-corrected chi connectivity index (χ2v) is 13.4. The maximum absolute atomic E-state index is 13.2. The first-order chi connectivity index (χ1) is 16.4. The maximum Gasteiger partial charge on any atom is 0.420 e. The van der Waals surface area contributed by atoms with E-state index in [1.807, 2.05) is 65.8 Å². The van der Waals surface area contributed by atoms with Crippen LogP contribution in [-0.2, 0) is 9.47 Å². The molecule has 2 rings (SSSR count). The highest BCUT2D eigenvalue weighted by atomic mass is 32.2. The summed E-state index contributed by atoms with van der Waals surface area (Å²) in [5, 5.41) is 3.07. The van der Waals surface area contributed by atoms with Crippen molar-refractivity contribution in [3.63, 3.8) is 0 Å². The normalized spacial score (nSPS) is 12.1. The number of carbonyl (C=O) groups is 2. The predicted octanol–water partition coefficient (Wildman–Crippen LogP) is 8.79. The molecule has 0 aromatic carbocycles. The summed E-state index contributed by atoms with van der Waals surface area (Å²) in [6, 6.07) is 7.73. The molecule has 0 amide bonds. The Balaban J connectivity index is 2.44. The van der Waals surface area contributed by atoms with Gasteiger partial charge < -0.3 is 9.47 Å². The second kappa shape index (κ2) is 13.2. The lowest BCUT2D eigenvalue weighted by atomic mass is 10.2. The first-order valence-electron chi connectivity index (χ1n) is 12.2. The van der Waals surface area contributed by atoms with Gasteiger partial charge in [-0.15, -0.1) is 23.5 Å². The molecule has 35 heavy (non-hydrogen) atoms. The molecule has 0 aliphatic heterocycles. The summed E-state index contributed by atoms with van der Waals surface area (Å²) in [6.07, 6.45) is 3.46. The van der Waals surface area contributed by atoms with Crippen molar-refractivity contribution in [1.29, 1.82) is 0 Å². The molecule has 0 aliphatic rings. The summed E-state index contributed by atoms with van der Waals surface area (Å²) < 4.78 is 14.7. The van der Waals surface area contributed by atoms with Gasteiger partial charge in [-0.25, -0.2) is 18.7 Å². The summed E-state index contributed by atoms with van der Waals surface area (Å²) in [4.78, 5) is 26.4. The number of unbranched alkanes of at least 4 members (excludes halogenated alkanes) is 2. The summed E-state index contributed by atoms with van der Waals surface area (Å²) in [6.45, 7) is 15.5. The van der Waals surface area contributed by atoms with Crippen molar-refractivity contribution in [2.24, 2.45) is 0 Å². The average Bonchev–Trinajstić information content (AvgIpc) is 3.30. The lowest BCUT2D eigenvalue weighted by Crippen LogP contribution is -2.28. The van der Waals surface area contributed by atoms with Gasteiger partial charge in [-0.05, 0) is 90.2 Å². The zero-order valence-electron chi connectivity index (χ0n) is 22.3. The van der Waals surface area contributed by atoms with Gasteiger partial charge in [0.2, 0.25) is 0 Å². The molecule has 0 spiro atoms. The molecule has 6 nitrogen and oxygen atoms in total. The van der Waals surface area contributed by atoms with Gasteiger partial charge in [0.15, 0.2) is 0 Å². The Kier molecular flexibility index (Phi) is 11.2. The molecule has 2 aromatic rings. The Morgan fingerprint density at radius 2 is 1.03 bits per heavy atom. The topological polar surface area (TPSA) is 62.5 Å². The molecule has 0 N–H and O–H groups in total. The summed E-state index contributed by atoms with van der Waals surface area (Å²) in [5.74, 6) is 1.83. The number of nitrogens with zero attached hydrogens (tertiary/aromatic N) is 2. The quantitative estimate of drug-likeness (QED) is 0.220. The van der Waals surface area contributed by atoms with E-state index in [-0.39, 0.29) is 0 Å².